The highest BCUT2D eigenvalue weighted by Gasteiger charge is 2.29. The van der Waals surface area contributed by atoms with Gasteiger partial charge in [-0.05, 0) is 32.8 Å². The number of piperazine rings is 1. The molecule has 8 heteroatoms. The van der Waals surface area contributed by atoms with Gasteiger partial charge in [-0.2, -0.15) is 0 Å². The maximum atomic E-state index is 12.7. The first-order valence-electron chi connectivity index (χ1n) is 10.2. The zero-order valence-electron chi connectivity index (χ0n) is 17.7. The molecular formula is C21H36Cl2N4O2. The van der Waals surface area contributed by atoms with E-state index in [4.69, 9.17) is 4.74 Å². The molecule has 1 aromatic rings. The van der Waals surface area contributed by atoms with Gasteiger partial charge >= 0.3 is 0 Å². The number of nitrogens with one attached hydrogen (secondary N) is 2. The largest absolute Gasteiger partial charge is 0.496 e. The molecule has 3 rings (SSSR count). The molecular weight excluding hydrogens is 411 g/mol. The van der Waals surface area contributed by atoms with Gasteiger partial charge in [-0.15, -0.1) is 24.8 Å². The third-order valence-corrected chi connectivity index (χ3v) is 5.82. The van der Waals surface area contributed by atoms with Crippen LogP contribution in [-0.4, -0.2) is 74.2 Å². The first kappa shape index (κ1) is 26.0. The number of piperidine rings is 1. The first-order chi connectivity index (χ1) is 13.1. The molecule has 2 fully saturated rings. The van der Waals surface area contributed by atoms with Crippen molar-refractivity contribution in [3.05, 3.63) is 29.8 Å². The van der Waals surface area contributed by atoms with Crippen molar-refractivity contribution in [3.8, 4) is 5.75 Å². The van der Waals surface area contributed by atoms with Crippen LogP contribution in [0.5, 0.6) is 5.75 Å². The van der Waals surface area contributed by atoms with Crippen molar-refractivity contribution < 1.29 is 9.53 Å². The Morgan fingerprint density at radius 2 is 1.90 bits per heavy atom. The molecule has 0 spiro atoms. The van der Waals surface area contributed by atoms with Crippen LogP contribution in [-0.2, 0) is 4.79 Å². The second kappa shape index (κ2) is 12.6. The molecule has 166 valence electrons. The number of benzene rings is 1. The number of methoxy groups -OCH3 is 1. The Morgan fingerprint density at radius 1 is 1.21 bits per heavy atom. The number of rotatable bonds is 6. The van der Waals surface area contributed by atoms with Crippen molar-refractivity contribution >= 4 is 30.7 Å². The maximum absolute atomic E-state index is 12.7. The molecule has 2 saturated heterocycles. The Hall–Kier alpha value is -1.05. The fourth-order valence-electron chi connectivity index (χ4n) is 4.20. The monoisotopic (exact) mass is 446 g/mol. The number of carbonyl (C=O) groups excluding carboxylic acids is 1. The van der Waals surface area contributed by atoms with Gasteiger partial charge in [0.15, 0.2) is 0 Å². The summed E-state index contributed by atoms with van der Waals surface area (Å²) in [6.45, 7) is 9.66. The normalized spacial score (nSPS) is 21.2. The summed E-state index contributed by atoms with van der Waals surface area (Å²) >= 11 is 0. The number of para-hydroxylation sites is 1. The number of halogens is 2. The van der Waals surface area contributed by atoms with Crippen LogP contribution in [0.15, 0.2) is 24.3 Å². The molecule has 1 amide bonds. The van der Waals surface area contributed by atoms with Crippen LogP contribution in [0.1, 0.15) is 38.3 Å². The molecule has 1 aromatic carbocycles. The van der Waals surface area contributed by atoms with E-state index in [1.54, 1.807) is 7.11 Å². The lowest BCUT2D eigenvalue weighted by Crippen LogP contribution is -2.52. The molecule has 2 aliphatic heterocycles. The number of amides is 1. The molecule has 0 aliphatic carbocycles. The summed E-state index contributed by atoms with van der Waals surface area (Å²) in [6.07, 6.45) is 2.09. The third-order valence-electron chi connectivity index (χ3n) is 5.82. The van der Waals surface area contributed by atoms with Gasteiger partial charge in [-0.3, -0.25) is 9.69 Å². The van der Waals surface area contributed by atoms with Gasteiger partial charge in [0.05, 0.1) is 19.7 Å². The van der Waals surface area contributed by atoms with Crippen LogP contribution >= 0.6 is 24.8 Å². The summed E-state index contributed by atoms with van der Waals surface area (Å²) in [4.78, 5) is 17.5. The highest BCUT2D eigenvalue weighted by Crippen LogP contribution is 2.29. The van der Waals surface area contributed by atoms with Gasteiger partial charge in [0.2, 0.25) is 5.91 Å². The zero-order valence-corrected chi connectivity index (χ0v) is 19.4. The first-order valence-corrected chi connectivity index (χ1v) is 10.2. The van der Waals surface area contributed by atoms with E-state index in [1.807, 2.05) is 18.2 Å². The SMILES string of the molecule is COc1ccccc1C1CNCCN1CC(=O)NC1CCN(C(C)C)CC1.Cl.Cl. The van der Waals surface area contributed by atoms with Gasteiger partial charge in [0.1, 0.15) is 5.75 Å². The summed E-state index contributed by atoms with van der Waals surface area (Å²) in [7, 11) is 1.70. The van der Waals surface area contributed by atoms with Crippen LogP contribution in [0.2, 0.25) is 0 Å². The minimum absolute atomic E-state index is 0. The number of nitrogens with zero attached hydrogens (tertiary/aromatic N) is 2. The lowest BCUT2D eigenvalue weighted by Gasteiger charge is -2.38. The van der Waals surface area contributed by atoms with Crippen LogP contribution < -0.4 is 15.4 Å². The Labute approximate surface area is 187 Å². The lowest BCUT2D eigenvalue weighted by molar-refractivity contribution is -0.124. The van der Waals surface area contributed by atoms with E-state index in [0.717, 1.165) is 56.9 Å². The Morgan fingerprint density at radius 3 is 2.55 bits per heavy atom. The highest BCUT2D eigenvalue weighted by atomic mass is 35.5. The minimum Gasteiger partial charge on any atom is -0.496 e. The fourth-order valence-corrected chi connectivity index (χ4v) is 4.20. The maximum Gasteiger partial charge on any atom is 0.234 e. The summed E-state index contributed by atoms with van der Waals surface area (Å²) in [5.41, 5.74) is 1.14. The summed E-state index contributed by atoms with van der Waals surface area (Å²) < 4.78 is 5.54. The molecule has 2 N–H and O–H groups in total. The van der Waals surface area contributed by atoms with Crippen molar-refractivity contribution in [1.82, 2.24) is 20.4 Å². The van der Waals surface area contributed by atoms with Crippen molar-refractivity contribution in [1.29, 1.82) is 0 Å². The second-order valence-electron chi connectivity index (χ2n) is 7.90. The van der Waals surface area contributed by atoms with Crippen molar-refractivity contribution in [2.75, 3.05) is 46.4 Å². The molecule has 2 aliphatic rings. The van der Waals surface area contributed by atoms with Crippen LogP contribution in [0.4, 0.5) is 0 Å². The van der Waals surface area contributed by atoms with Gasteiger partial charge in [0.25, 0.3) is 0 Å². The molecule has 29 heavy (non-hydrogen) atoms. The lowest BCUT2D eigenvalue weighted by atomic mass is 10.0. The van der Waals surface area contributed by atoms with Crippen molar-refractivity contribution in [3.63, 3.8) is 0 Å². The quantitative estimate of drug-likeness (QED) is 0.702. The number of likely N-dealkylation sites (tertiary alicyclic amines) is 1. The van der Waals surface area contributed by atoms with E-state index >= 15 is 0 Å². The molecule has 0 radical (unpaired) electrons. The standard InChI is InChI=1S/C21H34N4O2.2ClH/c1-16(2)24-11-8-17(9-12-24)23-21(26)15-25-13-10-22-14-19(25)18-6-4-5-7-20(18)27-3;;/h4-7,16-17,19,22H,8-15H2,1-3H3,(H,23,26);2*1H. The topological polar surface area (TPSA) is 56.8 Å². The van der Waals surface area contributed by atoms with Gasteiger partial charge in [-0.25, -0.2) is 0 Å². The van der Waals surface area contributed by atoms with Crippen LogP contribution in [0.3, 0.4) is 0 Å². The highest BCUT2D eigenvalue weighted by molar-refractivity contribution is 5.85. The molecule has 2 heterocycles. The second-order valence-corrected chi connectivity index (χ2v) is 7.90. The zero-order chi connectivity index (χ0) is 19.2. The van der Waals surface area contributed by atoms with Crippen molar-refractivity contribution in [2.24, 2.45) is 0 Å². The molecule has 1 unspecified atom stereocenters. The number of hydrogen-bond acceptors (Lipinski definition) is 5. The average Bonchev–Trinajstić information content (AvgIpc) is 2.68. The van der Waals surface area contributed by atoms with E-state index in [-0.39, 0.29) is 36.8 Å². The molecule has 0 bridgehead atoms. The Kier molecular flexibility index (Phi) is 11.3. The molecule has 0 saturated carbocycles. The predicted octanol–water partition coefficient (Wildman–Crippen LogP) is 2.47. The van der Waals surface area contributed by atoms with Crippen molar-refractivity contribution in [2.45, 2.75) is 44.8 Å². The summed E-state index contributed by atoms with van der Waals surface area (Å²) in [6, 6.07) is 9.16. The third kappa shape index (κ3) is 7.00. The van der Waals surface area contributed by atoms with E-state index in [1.165, 1.54) is 0 Å². The summed E-state index contributed by atoms with van der Waals surface area (Å²) in [5.74, 6) is 1.03. The van der Waals surface area contributed by atoms with E-state index in [2.05, 4.69) is 40.3 Å². The van der Waals surface area contributed by atoms with Crippen LogP contribution in [0.25, 0.3) is 0 Å². The predicted molar refractivity (Wildman–Crippen MR) is 123 cm³/mol. The number of carbonyl (C=O) groups is 1. The Bertz CT molecular complexity index is 624. The van der Waals surface area contributed by atoms with Gasteiger partial charge in [-0.1, -0.05) is 18.2 Å². The van der Waals surface area contributed by atoms with E-state index in [9.17, 15) is 4.79 Å². The molecule has 0 aromatic heterocycles. The Balaban J connectivity index is 0.00000210. The minimum atomic E-state index is 0. The van der Waals surface area contributed by atoms with Crippen LogP contribution in [0, 0.1) is 0 Å². The molecule has 1 atom stereocenters. The van der Waals surface area contributed by atoms with E-state index in [0.29, 0.717) is 18.6 Å². The average molecular weight is 447 g/mol. The van der Waals surface area contributed by atoms with Gasteiger partial charge < -0.3 is 20.3 Å². The number of ether oxygens (including phenoxy) is 1. The fraction of sp³-hybridized carbons (Fsp3) is 0.667. The van der Waals surface area contributed by atoms with E-state index < -0.39 is 0 Å². The summed E-state index contributed by atoms with van der Waals surface area (Å²) in [5, 5.41) is 6.72. The van der Waals surface area contributed by atoms with Gasteiger partial charge in [0, 0.05) is 50.4 Å². The smallest absolute Gasteiger partial charge is 0.234 e. The molecule has 6 nitrogen and oxygen atoms in total. The number of hydrogen-bond donors (Lipinski definition) is 2.